The third-order valence-electron chi connectivity index (χ3n) is 3.89. The van der Waals surface area contributed by atoms with Gasteiger partial charge in [-0.1, -0.05) is 0 Å². The van der Waals surface area contributed by atoms with Crippen LogP contribution < -0.4 is 5.32 Å². The number of ether oxygens (including phenoxy) is 3. The molecule has 1 fully saturated rings. The van der Waals surface area contributed by atoms with Gasteiger partial charge in [0.2, 0.25) is 0 Å². The van der Waals surface area contributed by atoms with Crippen molar-refractivity contribution in [3.8, 4) is 0 Å². The lowest BCUT2D eigenvalue weighted by Crippen LogP contribution is -2.32. The van der Waals surface area contributed by atoms with Crippen LogP contribution in [0.3, 0.4) is 0 Å². The van der Waals surface area contributed by atoms with E-state index in [1.54, 1.807) is 14.2 Å². The van der Waals surface area contributed by atoms with Crippen molar-refractivity contribution < 1.29 is 22.6 Å². The summed E-state index contributed by atoms with van der Waals surface area (Å²) in [7, 11) is 0.493. The first kappa shape index (κ1) is 18.8. The van der Waals surface area contributed by atoms with Crippen LogP contribution in [0.25, 0.3) is 0 Å². The van der Waals surface area contributed by atoms with E-state index in [0.29, 0.717) is 43.9 Å². The summed E-state index contributed by atoms with van der Waals surface area (Å²) >= 11 is 0. The fourth-order valence-corrected chi connectivity index (χ4v) is 4.56. The second-order valence-corrected chi connectivity index (χ2v) is 7.74. The molecule has 7 heteroatoms. The van der Waals surface area contributed by atoms with Gasteiger partial charge in [-0.05, 0) is 31.2 Å². The Balaban J connectivity index is 2.34. The minimum atomic E-state index is -2.83. The van der Waals surface area contributed by atoms with E-state index in [4.69, 9.17) is 14.2 Å². The zero-order valence-corrected chi connectivity index (χ0v) is 14.0. The van der Waals surface area contributed by atoms with Gasteiger partial charge in [-0.3, -0.25) is 0 Å². The molecule has 0 bridgehead atoms. The van der Waals surface area contributed by atoms with Gasteiger partial charge in [0.25, 0.3) is 0 Å². The van der Waals surface area contributed by atoms with Crippen molar-refractivity contribution >= 4 is 9.84 Å². The lowest BCUT2D eigenvalue weighted by Gasteiger charge is -2.23. The lowest BCUT2D eigenvalue weighted by molar-refractivity contribution is 0.0600. The number of sulfone groups is 1. The molecule has 0 aromatic heterocycles. The first-order valence-electron chi connectivity index (χ1n) is 7.56. The molecule has 1 rings (SSSR count). The number of hydrogen-bond acceptors (Lipinski definition) is 6. The smallest absolute Gasteiger partial charge is 0.150 e. The van der Waals surface area contributed by atoms with Crippen molar-refractivity contribution in [3.63, 3.8) is 0 Å². The zero-order valence-electron chi connectivity index (χ0n) is 13.2. The van der Waals surface area contributed by atoms with Crippen molar-refractivity contribution in [1.82, 2.24) is 5.32 Å². The highest BCUT2D eigenvalue weighted by molar-refractivity contribution is 7.91. The van der Waals surface area contributed by atoms with E-state index >= 15 is 0 Å². The van der Waals surface area contributed by atoms with E-state index in [2.05, 4.69) is 5.32 Å². The Morgan fingerprint density at radius 1 is 1.14 bits per heavy atom. The molecule has 0 aromatic rings. The minimum absolute atomic E-state index is 0.246. The van der Waals surface area contributed by atoms with Crippen LogP contribution in [0.1, 0.15) is 12.8 Å². The van der Waals surface area contributed by atoms with Gasteiger partial charge in [-0.2, -0.15) is 0 Å². The molecule has 1 aliphatic heterocycles. The Bertz CT molecular complexity index is 360. The molecule has 1 saturated heterocycles. The van der Waals surface area contributed by atoms with E-state index in [-0.39, 0.29) is 5.92 Å². The maximum Gasteiger partial charge on any atom is 0.150 e. The van der Waals surface area contributed by atoms with Gasteiger partial charge in [-0.25, -0.2) is 8.42 Å². The second-order valence-electron chi connectivity index (χ2n) is 5.51. The first-order chi connectivity index (χ1) is 10.1. The largest absolute Gasteiger partial charge is 0.383 e. The van der Waals surface area contributed by atoms with Crippen molar-refractivity contribution in [2.75, 3.05) is 65.2 Å². The van der Waals surface area contributed by atoms with Crippen molar-refractivity contribution in [2.24, 2.45) is 11.8 Å². The molecule has 2 unspecified atom stereocenters. The standard InChI is InChI=1S/C14H29NO5S/c1-18-7-5-15-11-13(3-6-20-9-8-19-2)14-4-10-21(16,17)12-14/h13-15H,3-12H2,1-2H3. The van der Waals surface area contributed by atoms with Crippen LogP contribution in [0.5, 0.6) is 0 Å². The third kappa shape index (κ3) is 8.11. The van der Waals surface area contributed by atoms with Gasteiger partial charge in [0.15, 0.2) is 9.84 Å². The van der Waals surface area contributed by atoms with Crippen molar-refractivity contribution in [2.45, 2.75) is 12.8 Å². The van der Waals surface area contributed by atoms with Crippen molar-refractivity contribution in [1.29, 1.82) is 0 Å². The molecule has 2 atom stereocenters. The molecular weight excluding hydrogens is 294 g/mol. The lowest BCUT2D eigenvalue weighted by atomic mass is 9.89. The predicted molar refractivity (Wildman–Crippen MR) is 82.3 cm³/mol. The Kier molecular flexibility index (Phi) is 9.42. The van der Waals surface area contributed by atoms with E-state index < -0.39 is 9.84 Å². The summed E-state index contributed by atoms with van der Waals surface area (Å²) < 4.78 is 38.8. The summed E-state index contributed by atoms with van der Waals surface area (Å²) in [6, 6.07) is 0. The summed E-state index contributed by atoms with van der Waals surface area (Å²) in [5, 5.41) is 3.34. The van der Waals surface area contributed by atoms with Gasteiger partial charge in [0.1, 0.15) is 0 Å². The molecule has 0 aliphatic carbocycles. The molecule has 1 N–H and O–H groups in total. The van der Waals surface area contributed by atoms with E-state index in [0.717, 1.165) is 25.9 Å². The second kappa shape index (κ2) is 10.5. The first-order valence-corrected chi connectivity index (χ1v) is 9.38. The summed E-state index contributed by atoms with van der Waals surface area (Å²) in [6.07, 6.45) is 1.65. The molecular formula is C14H29NO5S. The molecule has 0 saturated carbocycles. The molecule has 0 aromatic carbocycles. The quantitative estimate of drug-likeness (QED) is 0.522. The van der Waals surface area contributed by atoms with Crippen LogP contribution >= 0.6 is 0 Å². The van der Waals surface area contributed by atoms with Gasteiger partial charge in [0.05, 0.1) is 31.3 Å². The molecule has 1 heterocycles. The molecule has 6 nitrogen and oxygen atoms in total. The number of rotatable bonds is 12. The molecule has 1 aliphatic rings. The molecule has 0 spiro atoms. The SMILES string of the molecule is COCCNCC(CCOCCOC)C1CCS(=O)(=O)C1. The summed E-state index contributed by atoms with van der Waals surface area (Å²) in [5.41, 5.74) is 0. The molecule has 126 valence electrons. The fourth-order valence-electron chi connectivity index (χ4n) is 2.64. The number of hydrogen-bond donors (Lipinski definition) is 1. The van der Waals surface area contributed by atoms with Crippen molar-refractivity contribution in [3.05, 3.63) is 0 Å². The monoisotopic (exact) mass is 323 g/mol. The Morgan fingerprint density at radius 3 is 2.52 bits per heavy atom. The number of nitrogens with one attached hydrogen (secondary N) is 1. The molecule has 21 heavy (non-hydrogen) atoms. The van der Waals surface area contributed by atoms with Crippen LogP contribution in [-0.2, 0) is 24.0 Å². The highest BCUT2D eigenvalue weighted by Gasteiger charge is 2.33. The molecule has 0 amide bonds. The third-order valence-corrected chi connectivity index (χ3v) is 5.68. The Hall–Kier alpha value is -0.210. The highest BCUT2D eigenvalue weighted by atomic mass is 32.2. The maximum atomic E-state index is 11.6. The van der Waals surface area contributed by atoms with E-state index in [9.17, 15) is 8.42 Å². The highest BCUT2D eigenvalue weighted by Crippen LogP contribution is 2.27. The van der Waals surface area contributed by atoms with E-state index in [1.807, 2.05) is 0 Å². The Labute approximate surface area is 128 Å². The zero-order chi connectivity index (χ0) is 15.6. The average molecular weight is 323 g/mol. The van der Waals surface area contributed by atoms with Crippen LogP contribution in [0.2, 0.25) is 0 Å². The normalized spacial score (nSPS) is 22.5. The number of methoxy groups -OCH3 is 2. The van der Waals surface area contributed by atoms with E-state index in [1.165, 1.54) is 0 Å². The van der Waals surface area contributed by atoms with Gasteiger partial charge in [0, 0.05) is 27.4 Å². The van der Waals surface area contributed by atoms with Crippen LogP contribution in [0, 0.1) is 11.8 Å². The van der Waals surface area contributed by atoms with Gasteiger partial charge in [-0.15, -0.1) is 0 Å². The fraction of sp³-hybridized carbons (Fsp3) is 1.00. The summed E-state index contributed by atoms with van der Waals surface area (Å²) in [4.78, 5) is 0. The summed E-state index contributed by atoms with van der Waals surface area (Å²) in [6.45, 7) is 4.10. The molecule has 0 radical (unpaired) electrons. The van der Waals surface area contributed by atoms with Crippen LogP contribution in [-0.4, -0.2) is 73.7 Å². The van der Waals surface area contributed by atoms with Gasteiger partial charge < -0.3 is 19.5 Å². The Morgan fingerprint density at radius 2 is 1.90 bits per heavy atom. The van der Waals surface area contributed by atoms with Gasteiger partial charge >= 0.3 is 0 Å². The topological polar surface area (TPSA) is 73.9 Å². The van der Waals surface area contributed by atoms with Crippen LogP contribution in [0.15, 0.2) is 0 Å². The summed E-state index contributed by atoms with van der Waals surface area (Å²) in [5.74, 6) is 1.23. The van der Waals surface area contributed by atoms with Crippen LogP contribution in [0.4, 0.5) is 0 Å². The minimum Gasteiger partial charge on any atom is -0.383 e. The predicted octanol–water partition coefficient (Wildman–Crippen LogP) is 0.326. The maximum absolute atomic E-state index is 11.6. The average Bonchev–Trinajstić information content (AvgIpc) is 2.81.